The fraction of sp³-hybridized carbons (Fsp3) is 0.625. The topological polar surface area (TPSA) is 20.2 Å². The largest absolute Gasteiger partial charge is 0.392 e. The molecule has 0 aliphatic rings. The van der Waals surface area contributed by atoms with Crippen molar-refractivity contribution >= 4 is 0 Å². The van der Waals surface area contributed by atoms with Gasteiger partial charge < -0.3 is 5.11 Å². The first-order valence-corrected chi connectivity index (χ1v) is 7.15. The summed E-state index contributed by atoms with van der Waals surface area (Å²) in [7, 11) is 0. The van der Waals surface area contributed by atoms with Gasteiger partial charge in [0.2, 0.25) is 0 Å². The molecule has 20 heavy (non-hydrogen) atoms. The molecule has 3 atom stereocenters. The summed E-state index contributed by atoms with van der Waals surface area (Å²) in [5.41, 5.74) is 1.00. The molecule has 1 aromatic carbocycles. The molecule has 0 aromatic heterocycles. The number of benzene rings is 1. The molecule has 0 radical (unpaired) electrons. The van der Waals surface area contributed by atoms with Crippen LogP contribution in [0.1, 0.15) is 51.0 Å². The molecule has 1 aromatic rings. The first-order valence-electron chi connectivity index (χ1n) is 7.15. The van der Waals surface area contributed by atoms with E-state index in [0.29, 0.717) is 0 Å². The van der Waals surface area contributed by atoms with E-state index in [0.717, 1.165) is 12.0 Å². The minimum absolute atomic E-state index is 0.0234. The molecule has 0 saturated heterocycles. The van der Waals surface area contributed by atoms with Gasteiger partial charge in [-0.05, 0) is 24.3 Å². The van der Waals surface area contributed by atoms with Crippen LogP contribution in [0.5, 0.6) is 0 Å². The molecule has 4 heteroatoms. The molecule has 0 heterocycles. The lowest BCUT2D eigenvalue weighted by Gasteiger charge is -2.28. The predicted octanol–water partition coefficient (Wildman–Crippen LogP) is 4.91. The predicted molar refractivity (Wildman–Crippen MR) is 74.6 cm³/mol. The van der Waals surface area contributed by atoms with Crippen LogP contribution in [0.3, 0.4) is 0 Å². The highest BCUT2D eigenvalue weighted by Crippen LogP contribution is 2.33. The minimum atomic E-state index is -4.14. The van der Waals surface area contributed by atoms with Gasteiger partial charge in [0.05, 0.1) is 6.10 Å². The summed E-state index contributed by atoms with van der Waals surface area (Å²) in [6, 6.07) is 9.56. The fourth-order valence-corrected chi connectivity index (χ4v) is 2.55. The number of halogens is 3. The van der Waals surface area contributed by atoms with E-state index in [9.17, 15) is 18.3 Å². The molecule has 0 aliphatic carbocycles. The van der Waals surface area contributed by atoms with Crippen LogP contribution >= 0.6 is 0 Å². The molecule has 0 saturated carbocycles. The highest BCUT2D eigenvalue weighted by molar-refractivity contribution is 5.21. The Labute approximate surface area is 118 Å². The zero-order chi connectivity index (χ0) is 15.2. The summed E-state index contributed by atoms with van der Waals surface area (Å²) in [4.78, 5) is 0. The Balaban J connectivity index is 2.69. The second kappa shape index (κ2) is 7.67. The maximum atomic E-state index is 12.2. The summed E-state index contributed by atoms with van der Waals surface area (Å²) in [6.45, 7) is 4.06. The average Bonchev–Trinajstić information content (AvgIpc) is 2.38. The van der Waals surface area contributed by atoms with Gasteiger partial charge in [0, 0.05) is 12.3 Å². The second-order valence-electron chi connectivity index (χ2n) is 5.40. The molecule has 114 valence electrons. The average molecular weight is 288 g/mol. The Hall–Kier alpha value is -1.03. The quantitative estimate of drug-likeness (QED) is 0.756. The monoisotopic (exact) mass is 288 g/mol. The molecule has 0 amide bonds. The van der Waals surface area contributed by atoms with Crippen molar-refractivity contribution in [1.29, 1.82) is 0 Å². The first-order chi connectivity index (χ1) is 9.35. The third-order valence-corrected chi connectivity index (χ3v) is 3.82. The van der Waals surface area contributed by atoms with Crippen LogP contribution in [0.15, 0.2) is 30.3 Å². The smallest absolute Gasteiger partial charge is 0.389 e. The molecule has 0 fully saturated rings. The lowest BCUT2D eigenvalue weighted by Crippen LogP contribution is -2.25. The lowest BCUT2D eigenvalue weighted by molar-refractivity contribution is -0.136. The molecule has 3 unspecified atom stereocenters. The van der Waals surface area contributed by atoms with Gasteiger partial charge in [0.25, 0.3) is 0 Å². The first kappa shape index (κ1) is 17.0. The van der Waals surface area contributed by atoms with E-state index in [1.165, 1.54) is 0 Å². The molecule has 0 aliphatic heterocycles. The number of alkyl halides is 3. The molecular weight excluding hydrogens is 265 g/mol. The highest BCUT2D eigenvalue weighted by atomic mass is 19.4. The van der Waals surface area contributed by atoms with Crippen LogP contribution in [0.4, 0.5) is 13.2 Å². The van der Waals surface area contributed by atoms with Gasteiger partial charge in [-0.2, -0.15) is 13.2 Å². The third-order valence-electron chi connectivity index (χ3n) is 3.82. The van der Waals surface area contributed by atoms with Crippen molar-refractivity contribution in [3.63, 3.8) is 0 Å². The fourth-order valence-electron chi connectivity index (χ4n) is 2.55. The Kier molecular flexibility index (Phi) is 6.53. The number of aliphatic hydroxyl groups excluding tert-OH is 1. The zero-order valence-corrected chi connectivity index (χ0v) is 12.0. The van der Waals surface area contributed by atoms with Gasteiger partial charge in [0.1, 0.15) is 0 Å². The van der Waals surface area contributed by atoms with Gasteiger partial charge in [-0.1, -0.05) is 50.6 Å². The van der Waals surface area contributed by atoms with Gasteiger partial charge in [-0.25, -0.2) is 0 Å². The number of aliphatic hydroxyl groups is 1. The summed E-state index contributed by atoms with van der Waals surface area (Å²) < 4.78 is 36.5. The Morgan fingerprint density at radius 1 is 1.15 bits per heavy atom. The van der Waals surface area contributed by atoms with Gasteiger partial charge >= 0.3 is 6.18 Å². The highest BCUT2D eigenvalue weighted by Gasteiger charge is 2.29. The molecular formula is C16H23F3O. The minimum Gasteiger partial charge on any atom is -0.392 e. The molecule has 1 rings (SSSR count). The number of rotatable bonds is 7. The van der Waals surface area contributed by atoms with Crippen LogP contribution in [-0.2, 0) is 0 Å². The van der Waals surface area contributed by atoms with E-state index in [2.05, 4.69) is 0 Å². The van der Waals surface area contributed by atoms with Crippen LogP contribution in [-0.4, -0.2) is 17.4 Å². The van der Waals surface area contributed by atoms with Crippen LogP contribution in [0.25, 0.3) is 0 Å². The standard InChI is InChI=1S/C16H23F3O/c1-3-12(2)15(13-8-5-4-6-9-13)14(20)10-7-11-16(17,18)19/h4-6,8-9,12,14-15,20H,3,7,10-11H2,1-2H3. The molecule has 1 nitrogen and oxygen atoms in total. The van der Waals surface area contributed by atoms with Gasteiger partial charge in [0.15, 0.2) is 0 Å². The van der Waals surface area contributed by atoms with Gasteiger partial charge in [-0.3, -0.25) is 0 Å². The normalized spacial score (nSPS) is 16.7. The maximum Gasteiger partial charge on any atom is 0.389 e. The molecule has 0 bridgehead atoms. The van der Waals surface area contributed by atoms with Crippen LogP contribution in [0, 0.1) is 5.92 Å². The Bertz CT molecular complexity index is 375. The number of hydrogen-bond donors (Lipinski definition) is 1. The van der Waals surface area contributed by atoms with Crippen molar-refractivity contribution in [2.75, 3.05) is 0 Å². The maximum absolute atomic E-state index is 12.2. The third kappa shape index (κ3) is 5.53. The lowest BCUT2D eigenvalue weighted by atomic mass is 9.80. The number of hydrogen-bond acceptors (Lipinski definition) is 1. The summed E-state index contributed by atoms with van der Waals surface area (Å²) in [6.07, 6.45) is -4.65. The van der Waals surface area contributed by atoms with Crippen molar-refractivity contribution in [3.05, 3.63) is 35.9 Å². The van der Waals surface area contributed by atoms with Crippen molar-refractivity contribution in [2.45, 2.75) is 57.7 Å². The van der Waals surface area contributed by atoms with E-state index in [1.54, 1.807) is 0 Å². The van der Waals surface area contributed by atoms with Gasteiger partial charge in [-0.15, -0.1) is 0 Å². The van der Waals surface area contributed by atoms with Crippen molar-refractivity contribution in [2.24, 2.45) is 5.92 Å². The van der Waals surface area contributed by atoms with Crippen molar-refractivity contribution in [3.8, 4) is 0 Å². The van der Waals surface area contributed by atoms with Crippen molar-refractivity contribution < 1.29 is 18.3 Å². The van der Waals surface area contributed by atoms with E-state index < -0.39 is 18.7 Å². The summed E-state index contributed by atoms with van der Waals surface area (Å²) in [5, 5.41) is 10.3. The molecule has 0 spiro atoms. The summed E-state index contributed by atoms with van der Waals surface area (Å²) in [5.74, 6) is 0.132. The zero-order valence-electron chi connectivity index (χ0n) is 12.0. The Morgan fingerprint density at radius 3 is 2.25 bits per heavy atom. The van der Waals surface area contributed by atoms with Crippen LogP contribution < -0.4 is 0 Å². The Morgan fingerprint density at radius 2 is 1.75 bits per heavy atom. The van der Waals surface area contributed by atoms with E-state index in [1.807, 2.05) is 44.2 Å². The van der Waals surface area contributed by atoms with Crippen LogP contribution in [0.2, 0.25) is 0 Å². The SMILES string of the molecule is CCC(C)C(c1ccccc1)C(O)CCCC(F)(F)F. The van der Waals surface area contributed by atoms with E-state index in [-0.39, 0.29) is 24.7 Å². The summed E-state index contributed by atoms with van der Waals surface area (Å²) >= 11 is 0. The van der Waals surface area contributed by atoms with Crippen molar-refractivity contribution in [1.82, 2.24) is 0 Å². The second-order valence-corrected chi connectivity index (χ2v) is 5.40. The van der Waals surface area contributed by atoms with E-state index in [4.69, 9.17) is 0 Å². The van der Waals surface area contributed by atoms with E-state index >= 15 is 0 Å². The molecule has 1 N–H and O–H groups in total.